The Hall–Kier alpha value is -0.970. The third-order valence-electron chi connectivity index (χ3n) is 2.79. The molecule has 18 heavy (non-hydrogen) atoms. The minimum Gasteiger partial charge on any atom is -0.383 e. The average molecular weight is 289 g/mol. The predicted molar refractivity (Wildman–Crippen MR) is 69.2 cm³/mol. The summed E-state index contributed by atoms with van der Waals surface area (Å²) >= 11 is 7.24. The summed E-state index contributed by atoms with van der Waals surface area (Å²) in [5.41, 5.74) is 1.23. The topological polar surface area (TPSA) is 20.2 Å². The molecule has 1 nitrogen and oxygen atoms in total. The molecule has 1 N–H and O–H groups in total. The molecule has 0 saturated carbocycles. The SMILES string of the molecule is Cc1cc(C(O)c2cc(F)c(F)cc2Cl)sc1C. The Bertz CT molecular complexity index is 575. The fourth-order valence-corrected chi connectivity index (χ4v) is 2.94. The number of thiophene rings is 1. The maximum atomic E-state index is 13.2. The highest BCUT2D eigenvalue weighted by Gasteiger charge is 2.19. The van der Waals surface area contributed by atoms with E-state index in [1.165, 1.54) is 11.3 Å². The fraction of sp³-hybridized carbons (Fsp3) is 0.231. The first-order valence-corrected chi connectivity index (χ1v) is 6.49. The third-order valence-corrected chi connectivity index (χ3v) is 4.32. The molecule has 96 valence electrons. The van der Waals surface area contributed by atoms with E-state index in [9.17, 15) is 13.9 Å². The summed E-state index contributed by atoms with van der Waals surface area (Å²) < 4.78 is 26.1. The number of hydrogen-bond acceptors (Lipinski definition) is 2. The molecule has 0 saturated heterocycles. The van der Waals surface area contributed by atoms with Crippen LogP contribution in [0.15, 0.2) is 18.2 Å². The van der Waals surface area contributed by atoms with E-state index in [-0.39, 0.29) is 10.6 Å². The van der Waals surface area contributed by atoms with Crippen LogP contribution in [0, 0.1) is 25.5 Å². The summed E-state index contributed by atoms with van der Waals surface area (Å²) in [5.74, 6) is -2.03. The van der Waals surface area contributed by atoms with Crippen molar-refractivity contribution < 1.29 is 13.9 Å². The van der Waals surface area contributed by atoms with Gasteiger partial charge in [0.1, 0.15) is 6.10 Å². The summed E-state index contributed by atoms with van der Waals surface area (Å²) in [5, 5.41) is 10.2. The molecule has 0 amide bonds. The van der Waals surface area contributed by atoms with Crippen LogP contribution < -0.4 is 0 Å². The molecular weight excluding hydrogens is 278 g/mol. The molecular formula is C13H11ClF2OS. The van der Waals surface area contributed by atoms with Gasteiger partial charge in [0.05, 0.1) is 0 Å². The normalized spacial score (nSPS) is 12.8. The van der Waals surface area contributed by atoms with Crippen LogP contribution in [0.3, 0.4) is 0 Å². The van der Waals surface area contributed by atoms with Gasteiger partial charge in [0.25, 0.3) is 0 Å². The molecule has 0 aliphatic rings. The molecule has 1 unspecified atom stereocenters. The van der Waals surface area contributed by atoms with Gasteiger partial charge in [-0.15, -0.1) is 11.3 Å². The number of aryl methyl sites for hydroxylation is 2. The quantitative estimate of drug-likeness (QED) is 0.813. The Morgan fingerprint density at radius 1 is 1.17 bits per heavy atom. The highest BCUT2D eigenvalue weighted by atomic mass is 35.5. The highest BCUT2D eigenvalue weighted by Crippen LogP contribution is 2.34. The van der Waals surface area contributed by atoms with Crippen molar-refractivity contribution in [1.82, 2.24) is 0 Å². The van der Waals surface area contributed by atoms with E-state index in [4.69, 9.17) is 11.6 Å². The van der Waals surface area contributed by atoms with Gasteiger partial charge >= 0.3 is 0 Å². The molecule has 1 heterocycles. The summed E-state index contributed by atoms with van der Waals surface area (Å²) in [6, 6.07) is 3.64. The van der Waals surface area contributed by atoms with Gasteiger partial charge in [-0.3, -0.25) is 0 Å². The van der Waals surface area contributed by atoms with Gasteiger partial charge in [-0.25, -0.2) is 8.78 Å². The second-order valence-electron chi connectivity index (χ2n) is 4.08. The van der Waals surface area contributed by atoms with Crippen molar-refractivity contribution in [2.75, 3.05) is 0 Å². The van der Waals surface area contributed by atoms with E-state index in [1.807, 2.05) is 19.9 Å². The molecule has 0 spiro atoms. The van der Waals surface area contributed by atoms with Crippen LogP contribution in [-0.2, 0) is 0 Å². The van der Waals surface area contributed by atoms with Crippen molar-refractivity contribution in [2.24, 2.45) is 0 Å². The lowest BCUT2D eigenvalue weighted by Gasteiger charge is -2.11. The van der Waals surface area contributed by atoms with Crippen molar-refractivity contribution in [3.63, 3.8) is 0 Å². The zero-order valence-corrected chi connectivity index (χ0v) is 11.4. The first-order chi connectivity index (χ1) is 8.40. The lowest BCUT2D eigenvalue weighted by atomic mass is 10.1. The minimum absolute atomic E-state index is 0.0186. The molecule has 0 aliphatic heterocycles. The first kappa shape index (κ1) is 13.5. The fourth-order valence-electron chi connectivity index (χ4n) is 1.64. The smallest absolute Gasteiger partial charge is 0.160 e. The molecule has 0 aliphatic carbocycles. The van der Waals surface area contributed by atoms with E-state index in [1.54, 1.807) is 0 Å². The van der Waals surface area contributed by atoms with Crippen LogP contribution in [0.5, 0.6) is 0 Å². The van der Waals surface area contributed by atoms with Gasteiger partial charge in [-0.1, -0.05) is 11.6 Å². The minimum atomic E-state index is -1.04. The molecule has 0 radical (unpaired) electrons. The molecule has 0 bridgehead atoms. The molecule has 0 fully saturated rings. The van der Waals surface area contributed by atoms with Crippen LogP contribution in [-0.4, -0.2) is 5.11 Å². The largest absolute Gasteiger partial charge is 0.383 e. The van der Waals surface area contributed by atoms with Gasteiger partial charge in [-0.05, 0) is 37.6 Å². The summed E-state index contributed by atoms with van der Waals surface area (Å²) in [7, 11) is 0. The van der Waals surface area contributed by atoms with Crippen molar-refractivity contribution in [2.45, 2.75) is 20.0 Å². The van der Waals surface area contributed by atoms with E-state index < -0.39 is 17.7 Å². The van der Waals surface area contributed by atoms with Crippen LogP contribution in [0.1, 0.15) is 27.0 Å². The zero-order valence-electron chi connectivity index (χ0n) is 9.80. The number of aliphatic hydroxyl groups is 1. The average Bonchev–Trinajstić information content (AvgIpc) is 2.63. The predicted octanol–water partition coefficient (Wildman–Crippen LogP) is 4.38. The van der Waals surface area contributed by atoms with E-state index >= 15 is 0 Å². The molecule has 1 aromatic heterocycles. The number of hydrogen-bond donors (Lipinski definition) is 1. The van der Waals surface area contributed by atoms with Crippen LogP contribution in [0.2, 0.25) is 5.02 Å². The van der Waals surface area contributed by atoms with Crippen LogP contribution in [0.4, 0.5) is 8.78 Å². The second kappa shape index (κ2) is 4.96. The van der Waals surface area contributed by atoms with Crippen molar-refractivity contribution in [3.8, 4) is 0 Å². The molecule has 2 aromatic rings. The monoisotopic (exact) mass is 288 g/mol. The van der Waals surface area contributed by atoms with Gasteiger partial charge in [0.15, 0.2) is 11.6 Å². The number of aliphatic hydroxyl groups excluding tert-OH is 1. The lowest BCUT2D eigenvalue weighted by Crippen LogP contribution is -2.00. The van der Waals surface area contributed by atoms with Crippen LogP contribution >= 0.6 is 22.9 Å². The molecule has 5 heteroatoms. The lowest BCUT2D eigenvalue weighted by molar-refractivity contribution is 0.223. The Labute approximate surface area is 113 Å². The molecule has 2 rings (SSSR count). The Kier molecular flexibility index (Phi) is 3.71. The highest BCUT2D eigenvalue weighted by molar-refractivity contribution is 7.12. The van der Waals surface area contributed by atoms with Gasteiger partial charge in [-0.2, -0.15) is 0 Å². The molecule has 1 aromatic carbocycles. The first-order valence-electron chi connectivity index (χ1n) is 5.29. The summed E-state index contributed by atoms with van der Waals surface area (Å²) in [4.78, 5) is 1.74. The van der Waals surface area contributed by atoms with Crippen molar-refractivity contribution in [3.05, 3.63) is 55.7 Å². The van der Waals surface area contributed by atoms with Crippen molar-refractivity contribution in [1.29, 1.82) is 0 Å². The van der Waals surface area contributed by atoms with Gasteiger partial charge in [0, 0.05) is 20.3 Å². The van der Waals surface area contributed by atoms with Gasteiger partial charge in [0.2, 0.25) is 0 Å². The second-order valence-corrected chi connectivity index (χ2v) is 5.77. The van der Waals surface area contributed by atoms with Gasteiger partial charge < -0.3 is 5.11 Å². The zero-order chi connectivity index (χ0) is 13.4. The maximum Gasteiger partial charge on any atom is 0.160 e. The number of rotatable bonds is 2. The molecule has 1 atom stereocenters. The van der Waals surface area contributed by atoms with E-state index in [2.05, 4.69) is 0 Å². The number of benzene rings is 1. The third kappa shape index (κ3) is 2.41. The van der Waals surface area contributed by atoms with Crippen molar-refractivity contribution >= 4 is 22.9 Å². The van der Waals surface area contributed by atoms with E-state index in [0.29, 0.717) is 4.88 Å². The maximum absolute atomic E-state index is 13.2. The summed E-state index contributed by atoms with van der Waals surface area (Å²) in [6.07, 6.45) is -1.04. The Morgan fingerprint density at radius 2 is 1.78 bits per heavy atom. The number of halogens is 3. The Morgan fingerprint density at radius 3 is 2.33 bits per heavy atom. The van der Waals surface area contributed by atoms with Crippen LogP contribution in [0.25, 0.3) is 0 Å². The summed E-state index contributed by atoms with van der Waals surface area (Å²) in [6.45, 7) is 3.86. The van der Waals surface area contributed by atoms with E-state index in [0.717, 1.165) is 22.6 Å². The Balaban J connectivity index is 2.45. The standard InChI is InChI=1S/C13H11ClF2OS/c1-6-3-12(18-7(6)2)13(17)8-4-10(15)11(16)5-9(8)14/h3-5,13,17H,1-2H3.